The second-order valence-electron chi connectivity index (χ2n) is 4.82. The molecule has 2 aromatic heterocycles. The van der Waals surface area contributed by atoms with Crippen molar-refractivity contribution in [2.75, 3.05) is 0 Å². The number of rotatable bonds is 3. The molecule has 20 heavy (non-hydrogen) atoms. The van der Waals surface area contributed by atoms with E-state index in [1.54, 1.807) is 13.0 Å². The number of halogens is 2. The van der Waals surface area contributed by atoms with Crippen LogP contribution >= 0.6 is 0 Å². The zero-order valence-corrected chi connectivity index (χ0v) is 11.0. The van der Waals surface area contributed by atoms with Gasteiger partial charge < -0.3 is 9.97 Å². The molecule has 0 spiro atoms. The Morgan fingerprint density at radius 3 is 2.00 bits per heavy atom. The second-order valence-corrected chi connectivity index (χ2v) is 4.82. The van der Waals surface area contributed by atoms with E-state index in [9.17, 15) is 8.78 Å². The van der Waals surface area contributed by atoms with Crippen molar-refractivity contribution in [3.05, 3.63) is 82.9 Å². The molecular weight excluding hydrogens is 258 g/mol. The average Bonchev–Trinajstić information content (AvgIpc) is 3.09. The topological polar surface area (TPSA) is 31.6 Å². The Labute approximate surface area is 115 Å². The molecule has 2 nitrogen and oxygen atoms in total. The summed E-state index contributed by atoms with van der Waals surface area (Å²) >= 11 is 0. The van der Waals surface area contributed by atoms with Gasteiger partial charge in [-0.1, -0.05) is 6.07 Å². The molecule has 0 bridgehead atoms. The van der Waals surface area contributed by atoms with Crippen LogP contribution in [0.25, 0.3) is 0 Å². The van der Waals surface area contributed by atoms with Gasteiger partial charge in [0.2, 0.25) is 0 Å². The third-order valence-corrected chi connectivity index (χ3v) is 3.43. The van der Waals surface area contributed by atoms with Crippen LogP contribution in [0, 0.1) is 18.6 Å². The maximum absolute atomic E-state index is 13.7. The van der Waals surface area contributed by atoms with E-state index in [1.165, 1.54) is 6.07 Å². The number of aromatic amines is 2. The van der Waals surface area contributed by atoms with Crippen molar-refractivity contribution in [2.24, 2.45) is 0 Å². The smallest absolute Gasteiger partial charge is 0.161 e. The third kappa shape index (κ3) is 2.13. The lowest BCUT2D eigenvalue weighted by atomic mass is 9.91. The highest BCUT2D eigenvalue weighted by molar-refractivity contribution is 5.40. The summed E-state index contributed by atoms with van der Waals surface area (Å²) in [6.07, 6.45) is 3.63. The van der Waals surface area contributed by atoms with E-state index in [1.807, 2.05) is 36.7 Å². The van der Waals surface area contributed by atoms with E-state index in [0.29, 0.717) is 11.1 Å². The number of benzene rings is 1. The molecule has 0 radical (unpaired) electrons. The molecule has 2 heterocycles. The molecule has 102 valence electrons. The zero-order chi connectivity index (χ0) is 14.1. The van der Waals surface area contributed by atoms with Gasteiger partial charge in [0.25, 0.3) is 0 Å². The minimum Gasteiger partial charge on any atom is -0.364 e. The lowest BCUT2D eigenvalue weighted by molar-refractivity contribution is 0.501. The molecule has 3 aromatic rings. The highest BCUT2D eigenvalue weighted by Gasteiger charge is 2.21. The Morgan fingerprint density at radius 1 is 0.950 bits per heavy atom. The predicted molar refractivity (Wildman–Crippen MR) is 73.6 cm³/mol. The van der Waals surface area contributed by atoms with Crippen LogP contribution in [0.1, 0.15) is 28.4 Å². The first-order valence-corrected chi connectivity index (χ1v) is 6.39. The monoisotopic (exact) mass is 272 g/mol. The summed E-state index contributed by atoms with van der Waals surface area (Å²) in [5.74, 6) is -1.78. The lowest BCUT2D eigenvalue weighted by Crippen LogP contribution is -2.06. The summed E-state index contributed by atoms with van der Waals surface area (Å²) in [6, 6.07) is 10.6. The quantitative estimate of drug-likeness (QED) is 0.719. The second kappa shape index (κ2) is 4.96. The number of hydrogen-bond donors (Lipinski definition) is 2. The van der Waals surface area contributed by atoms with Gasteiger partial charge in [-0.25, -0.2) is 8.78 Å². The van der Waals surface area contributed by atoms with Gasteiger partial charge in [0.15, 0.2) is 11.6 Å². The van der Waals surface area contributed by atoms with Crippen LogP contribution in [0.4, 0.5) is 8.78 Å². The molecule has 0 saturated heterocycles. The summed E-state index contributed by atoms with van der Waals surface area (Å²) in [7, 11) is 0. The van der Waals surface area contributed by atoms with Crippen LogP contribution < -0.4 is 0 Å². The van der Waals surface area contributed by atoms with Gasteiger partial charge in [0.05, 0.1) is 5.92 Å². The molecule has 0 aliphatic rings. The zero-order valence-electron chi connectivity index (χ0n) is 11.0. The molecule has 0 unspecified atom stereocenters. The average molecular weight is 272 g/mol. The van der Waals surface area contributed by atoms with Gasteiger partial charge in [0.1, 0.15) is 0 Å². The summed E-state index contributed by atoms with van der Waals surface area (Å²) in [5.41, 5.74) is 2.88. The molecule has 2 N–H and O–H groups in total. The van der Waals surface area contributed by atoms with Gasteiger partial charge in [-0.05, 0) is 48.4 Å². The van der Waals surface area contributed by atoms with Crippen molar-refractivity contribution in [3.8, 4) is 0 Å². The Hall–Kier alpha value is -2.36. The number of hydrogen-bond acceptors (Lipinski definition) is 0. The Kier molecular flexibility index (Phi) is 3.14. The molecule has 0 aliphatic heterocycles. The molecule has 1 aromatic carbocycles. The van der Waals surface area contributed by atoms with Crippen molar-refractivity contribution >= 4 is 0 Å². The van der Waals surface area contributed by atoms with E-state index in [2.05, 4.69) is 9.97 Å². The van der Waals surface area contributed by atoms with Crippen LogP contribution in [0.2, 0.25) is 0 Å². The van der Waals surface area contributed by atoms with Gasteiger partial charge in [-0.3, -0.25) is 0 Å². The number of aromatic nitrogens is 2. The molecule has 4 heteroatoms. The molecule has 0 fully saturated rings. The van der Waals surface area contributed by atoms with Crippen molar-refractivity contribution in [1.82, 2.24) is 9.97 Å². The molecular formula is C16H14F2N2. The number of H-pyrrole nitrogens is 2. The highest BCUT2D eigenvalue weighted by Crippen LogP contribution is 2.31. The van der Waals surface area contributed by atoms with E-state index >= 15 is 0 Å². The van der Waals surface area contributed by atoms with Gasteiger partial charge in [-0.15, -0.1) is 0 Å². The van der Waals surface area contributed by atoms with Crippen LogP contribution in [-0.4, -0.2) is 9.97 Å². The van der Waals surface area contributed by atoms with Crippen LogP contribution in [0.3, 0.4) is 0 Å². The summed E-state index contributed by atoms with van der Waals surface area (Å²) in [5, 5.41) is 0. The SMILES string of the molecule is Cc1cc(C(c2ccc[nH]2)c2ccc[nH]2)cc(F)c1F. The molecule has 0 aliphatic carbocycles. The van der Waals surface area contributed by atoms with E-state index in [0.717, 1.165) is 11.4 Å². The summed E-state index contributed by atoms with van der Waals surface area (Å²) < 4.78 is 27.2. The van der Waals surface area contributed by atoms with Gasteiger partial charge in [0, 0.05) is 23.8 Å². The fourth-order valence-corrected chi connectivity index (χ4v) is 2.49. The van der Waals surface area contributed by atoms with E-state index < -0.39 is 11.6 Å². The van der Waals surface area contributed by atoms with Gasteiger partial charge in [-0.2, -0.15) is 0 Å². The maximum Gasteiger partial charge on any atom is 0.161 e. The highest BCUT2D eigenvalue weighted by atomic mass is 19.2. The first kappa shape index (κ1) is 12.7. The third-order valence-electron chi connectivity index (χ3n) is 3.43. The molecule has 0 saturated carbocycles. The van der Waals surface area contributed by atoms with Crippen molar-refractivity contribution in [3.63, 3.8) is 0 Å². The van der Waals surface area contributed by atoms with Crippen molar-refractivity contribution in [2.45, 2.75) is 12.8 Å². The van der Waals surface area contributed by atoms with Crippen molar-refractivity contribution in [1.29, 1.82) is 0 Å². The number of aryl methyl sites for hydroxylation is 1. The fraction of sp³-hybridized carbons (Fsp3) is 0.125. The van der Waals surface area contributed by atoms with Crippen molar-refractivity contribution < 1.29 is 8.78 Å². The Balaban J connectivity index is 2.16. The minimum atomic E-state index is -0.817. The fourth-order valence-electron chi connectivity index (χ4n) is 2.49. The normalized spacial score (nSPS) is 11.2. The maximum atomic E-state index is 13.7. The largest absolute Gasteiger partial charge is 0.364 e. The first-order valence-electron chi connectivity index (χ1n) is 6.39. The van der Waals surface area contributed by atoms with Crippen LogP contribution in [0.5, 0.6) is 0 Å². The first-order chi connectivity index (χ1) is 9.66. The Morgan fingerprint density at radius 2 is 1.55 bits per heavy atom. The van der Waals surface area contributed by atoms with Crippen LogP contribution in [0.15, 0.2) is 48.8 Å². The minimum absolute atomic E-state index is 0.172. The van der Waals surface area contributed by atoms with E-state index in [-0.39, 0.29) is 5.92 Å². The van der Waals surface area contributed by atoms with Crippen LogP contribution in [-0.2, 0) is 0 Å². The molecule has 0 atom stereocenters. The summed E-state index contributed by atoms with van der Waals surface area (Å²) in [4.78, 5) is 6.28. The standard InChI is InChI=1S/C16H14F2N2/c1-10-8-11(9-12(17)16(10)18)15(13-4-2-6-19-13)14-5-3-7-20-14/h2-9,15,19-20H,1H3. The Bertz CT molecular complexity index is 643. The summed E-state index contributed by atoms with van der Waals surface area (Å²) in [6.45, 7) is 1.57. The van der Waals surface area contributed by atoms with E-state index in [4.69, 9.17) is 0 Å². The molecule has 3 rings (SSSR count). The number of nitrogens with one attached hydrogen (secondary N) is 2. The predicted octanol–water partition coefficient (Wildman–Crippen LogP) is 4.11. The lowest BCUT2D eigenvalue weighted by Gasteiger charge is -2.16. The van der Waals surface area contributed by atoms with Gasteiger partial charge >= 0.3 is 0 Å². The molecule has 0 amide bonds.